The second-order valence-electron chi connectivity index (χ2n) is 5.76. The Bertz CT molecular complexity index is 848. The molecule has 0 saturated carbocycles. The maximum atomic E-state index is 12.1. The molecule has 124 valence electrons. The van der Waals surface area contributed by atoms with Gasteiger partial charge in [-0.15, -0.1) is 11.3 Å². The number of para-hydroxylation sites is 2. The van der Waals surface area contributed by atoms with E-state index in [1.807, 2.05) is 50.2 Å². The topological polar surface area (TPSA) is 74.8 Å². The molecule has 2 N–H and O–H groups in total. The van der Waals surface area contributed by atoms with Gasteiger partial charge < -0.3 is 10.3 Å². The minimum atomic E-state index is -0.232. The minimum Gasteiger partial charge on any atom is -0.346 e. The highest BCUT2D eigenvalue weighted by Gasteiger charge is 2.15. The van der Waals surface area contributed by atoms with Crippen molar-refractivity contribution in [2.75, 3.05) is 0 Å². The number of hydrogen-bond acceptors (Lipinski definition) is 4. The molecule has 3 aromatic rings. The monoisotopic (exact) mass is 341 g/mol. The number of H-pyrrole nitrogens is 1. The Labute approximate surface area is 144 Å². The summed E-state index contributed by atoms with van der Waals surface area (Å²) in [5.41, 5.74) is 1.81. The average molecular weight is 341 g/mol. The van der Waals surface area contributed by atoms with Gasteiger partial charge in [0.25, 0.3) is 0 Å². The van der Waals surface area contributed by atoms with Crippen molar-refractivity contribution in [3.05, 3.63) is 52.0 Å². The summed E-state index contributed by atoms with van der Waals surface area (Å²) in [6.45, 7) is 3.84. The molecule has 24 heavy (non-hydrogen) atoms. The highest BCUT2D eigenvalue weighted by atomic mass is 32.1. The molecule has 1 atom stereocenters. The molecule has 0 radical (unpaired) electrons. The van der Waals surface area contributed by atoms with Crippen LogP contribution in [0, 0.1) is 6.92 Å². The van der Waals surface area contributed by atoms with Crippen LogP contribution in [-0.2, 0) is 4.79 Å². The number of imidazole rings is 1. The van der Waals surface area contributed by atoms with Gasteiger partial charge in [0, 0.05) is 17.7 Å². The first-order valence-corrected chi connectivity index (χ1v) is 8.68. The summed E-state index contributed by atoms with van der Waals surface area (Å²) < 4.78 is 0. The van der Waals surface area contributed by atoms with Gasteiger partial charge in [0.05, 0.1) is 22.0 Å². The van der Waals surface area contributed by atoms with E-state index in [0.717, 1.165) is 15.9 Å². The predicted octanol–water partition coefficient (Wildman–Crippen LogP) is 3.77. The number of rotatable bonds is 6. The van der Waals surface area contributed by atoms with Crippen LogP contribution in [0.1, 0.15) is 46.2 Å². The van der Waals surface area contributed by atoms with Crippen LogP contribution in [0.4, 0.5) is 0 Å². The Morgan fingerprint density at radius 2 is 2.00 bits per heavy atom. The van der Waals surface area contributed by atoms with Crippen molar-refractivity contribution in [1.29, 1.82) is 0 Å². The second-order valence-corrected chi connectivity index (χ2v) is 7.05. The predicted molar refractivity (Wildman–Crippen MR) is 95.3 cm³/mol. The number of amides is 1. The van der Waals surface area contributed by atoms with E-state index in [2.05, 4.69) is 15.3 Å². The number of fused-ring (bicyclic) bond motifs is 1. The van der Waals surface area contributed by atoms with Crippen molar-refractivity contribution in [2.24, 2.45) is 0 Å². The molecule has 0 aliphatic carbocycles. The first-order chi connectivity index (χ1) is 11.5. The van der Waals surface area contributed by atoms with Crippen molar-refractivity contribution in [3.63, 3.8) is 0 Å². The molecule has 0 aliphatic rings. The highest BCUT2D eigenvalue weighted by Crippen LogP contribution is 2.18. The van der Waals surface area contributed by atoms with Crippen molar-refractivity contribution in [1.82, 2.24) is 15.3 Å². The molecule has 0 saturated heterocycles. The minimum absolute atomic E-state index is 0.0136. The molecule has 0 aliphatic heterocycles. The summed E-state index contributed by atoms with van der Waals surface area (Å²) in [6.07, 6.45) is 0.402. The first-order valence-electron chi connectivity index (χ1n) is 7.86. The molecule has 2 aromatic heterocycles. The largest absolute Gasteiger partial charge is 0.346 e. The zero-order valence-electron chi connectivity index (χ0n) is 13.6. The molecule has 1 amide bonds. The smallest absolute Gasteiger partial charge is 0.221 e. The van der Waals surface area contributed by atoms with Gasteiger partial charge >= 0.3 is 0 Å². The molecular formula is C18H19N3O2S. The normalized spacial score (nSPS) is 12.2. The van der Waals surface area contributed by atoms with E-state index in [0.29, 0.717) is 10.7 Å². The lowest BCUT2D eigenvalue weighted by Crippen LogP contribution is -2.27. The van der Waals surface area contributed by atoms with Crippen LogP contribution in [0.15, 0.2) is 36.4 Å². The number of nitrogens with one attached hydrogen (secondary N) is 2. The molecule has 0 unspecified atom stereocenters. The number of benzene rings is 1. The van der Waals surface area contributed by atoms with Crippen LogP contribution in [0.25, 0.3) is 11.0 Å². The lowest BCUT2D eigenvalue weighted by atomic mass is 10.2. The number of nitrogens with zero attached hydrogens (tertiary/aromatic N) is 1. The Hall–Kier alpha value is -2.47. The van der Waals surface area contributed by atoms with E-state index in [9.17, 15) is 9.59 Å². The molecule has 2 heterocycles. The fraction of sp³-hybridized carbons (Fsp3) is 0.278. The summed E-state index contributed by atoms with van der Waals surface area (Å²) in [6, 6.07) is 11.2. The summed E-state index contributed by atoms with van der Waals surface area (Å²) in [5.74, 6) is 0.578. The van der Waals surface area contributed by atoms with Crippen LogP contribution >= 0.6 is 11.3 Å². The van der Waals surface area contributed by atoms with Crippen molar-refractivity contribution in [2.45, 2.75) is 32.7 Å². The quantitative estimate of drug-likeness (QED) is 0.670. The van der Waals surface area contributed by atoms with Crippen LogP contribution in [0.3, 0.4) is 0 Å². The molecule has 1 aromatic carbocycles. The third kappa shape index (κ3) is 3.71. The number of aryl methyl sites for hydroxylation is 1. The second kappa shape index (κ2) is 6.97. The van der Waals surface area contributed by atoms with E-state index < -0.39 is 0 Å². The SMILES string of the molecule is Cc1ccc(C(=O)CCC(=O)N[C@H](C)c2nc3ccccc3[nH]2)s1. The molecule has 5 nitrogen and oxygen atoms in total. The number of thiophene rings is 1. The van der Waals surface area contributed by atoms with E-state index in [4.69, 9.17) is 0 Å². The van der Waals surface area contributed by atoms with Crippen LogP contribution in [0.2, 0.25) is 0 Å². The van der Waals surface area contributed by atoms with Gasteiger partial charge in [-0.05, 0) is 38.1 Å². The van der Waals surface area contributed by atoms with Crippen molar-refractivity contribution < 1.29 is 9.59 Å². The molecule has 3 rings (SSSR count). The fourth-order valence-corrected chi connectivity index (χ4v) is 3.33. The lowest BCUT2D eigenvalue weighted by Gasteiger charge is -2.11. The summed E-state index contributed by atoms with van der Waals surface area (Å²) in [5, 5.41) is 2.89. The lowest BCUT2D eigenvalue weighted by molar-refractivity contribution is -0.121. The van der Waals surface area contributed by atoms with Crippen molar-refractivity contribution >= 4 is 34.1 Å². The standard InChI is InChI=1S/C18H19N3O2S/c1-11-7-9-16(24-11)15(22)8-10-17(23)19-12(2)18-20-13-5-3-4-6-14(13)21-18/h3-7,9,12H,8,10H2,1-2H3,(H,19,23)(H,20,21)/t12-/m1/s1. The molecular weight excluding hydrogens is 322 g/mol. The summed E-state index contributed by atoms with van der Waals surface area (Å²) in [7, 11) is 0. The van der Waals surface area contributed by atoms with Gasteiger partial charge in [-0.1, -0.05) is 12.1 Å². The maximum Gasteiger partial charge on any atom is 0.221 e. The molecule has 6 heteroatoms. The van der Waals surface area contributed by atoms with Gasteiger partial charge in [0.15, 0.2) is 5.78 Å². The number of carbonyl (C=O) groups excluding carboxylic acids is 2. The van der Waals surface area contributed by atoms with Crippen LogP contribution in [0.5, 0.6) is 0 Å². The number of Topliss-reactive ketones (excluding diaryl/α,β-unsaturated/α-hetero) is 1. The fourth-order valence-electron chi connectivity index (χ4n) is 2.49. The number of hydrogen-bond donors (Lipinski definition) is 2. The Balaban J connectivity index is 1.55. The van der Waals surface area contributed by atoms with Gasteiger partial charge in [0.2, 0.25) is 5.91 Å². The Morgan fingerprint density at radius 3 is 2.71 bits per heavy atom. The van der Waals surface area contributed by atoms with Gasteiger partial charge in [0.1, 0.15) is 5.82 Å². The number of aromatic nitrogens is 2. The third-order valence-electron chi connectivity index (χ3n) is 3.79. The van der Waals surface area contributed by atoms with E-state index in [-0.39, 0.29) is 30.6 Å². The maximum absolute atomic E-state index is 12.1. The number of aromatic amines is 1. The van der Waals surface area contributed by atoms with Gasteiger partial charge in [-0.3, -0.25) is 9.59 Å². The zero-order chi connectivity index (χ0) is 17.1. The Kier molecular flexibility index (Phi) is 4.76. The van der Waals surface area contributed by atoms with E-state index >= 15 is 0 Å². The van der Waals surface area contributed by atoms with Crippen LogP contribution in [-0.4, -0.2) is 21.7 Å². The van der Waals surface area contributed by atoms with Crippen molar-refractivity contribution in [3.8, 4) is 0 Å². The first kappa shape index (κ1) is 16.4. The molecule has 0 bridgehead atoms. The van der Waals surface area contributed by atoms with Crippen LogP contribution < -0.4 is 5.32 Å². The summed E-state index contributed by atoms with van der Waals surface area (Å²) >= 11 is 1.46. The number of carbonyl (C=O) groups is 2. The van der Waals surface area contributed by atoms with Gasteiger partial charge in [-0.2, -0.15) is 0 Å². The average Bonchev–Trinajstić information content (AvgIpc) is 3.18. The van der Waals surface area contributed by atoms with Gasteiger partial charge in [-0.25, -0.2) is 4.98 Å². The molecule has 0 fully saturated rings. The highest BCUT2D eigenvalue weighted by molar-refractivity contribution is 7.14. The third-order valence-corrected chi connectivity index (χ3v) is 4.83. The summed E-state index contributed by atoms with van der Waals surface area (Å²) in [4.78, 5) is 33.6. The van der Waals surface area contributed by atoms with E-state index in [1.54, 1.807) is 0 Å². The molecule has 0 spiro atoms. The zero-order valence-corrected chi connectivity index (χ0v) is 14.4. The Morgan fingerprint density at radius 1 is 1.21 bits per heavy atom. The number of ketones is 1. The van der Waals surface area contributed by atoms with E-state index in [1.165, 1.54) is 11.3 Å².